The molecule has 1 saturated heterocycles. The summed E-state index contributed by atoms with van der Waals surface area (Å²) in [5.74, 6) is 0.616. The maximum Gasteiger partial charge on any atom is 0.0865 e. The van der Waals surface area contributed by atoms with Crippen LogP contribution < -0.4 is 5.32 Å². The van der Waals surface area contributed by atoms with Gasteiger partial charge in [0.1, 0.15) is 0 Å². The molecule has 0 aliphatic carbocycles. The summed E-state index contributed by atoms with van der Waals surface area (Å²) in [7, 11) is 0. The van der Waals surface area contributed by atoms with Crippen LogP contribution in [0.4, 0.5) is 0 Å². The van der Waals surface area contributed by atoms with E-state index in [4.69, 9.17) is 4.74 Å². The zero-order valence-electron chi connectivity index (χ0n) is 10.9. The van der Waals surface area contributed by atoms with E-state index in [1.165, 1.54) is 24.0 Å². The van der Waals surface area contributed by atoms with Gasteiger partial charge in [-0.2, -0.15) is 0 Å². The largest absolute Gasteiger partial charge is 0.373 e. The number of nitrogens with one attached hydrogen (secondary N) is 1. The fourth-order valence-corrected chi connectivity index (χ4v) is 2.60. The van der Waals surface area contributed by atoms with E-state index in [0.717, 1.165) is 19.7 Å². The van der Waals surface area contributed by atoms with Crippen molar-refractivity contribution in [2.75, 3.05) is 19.7 Å². The van der Waals surface area contributed by atoms with Crippen LogP contribution in [-0.4, -0.2) is 19.7 Å². The lowest BCUT2D eigenvalue weighted by atomic mass is 9.89. The predicted octanol–water partition coefficient (Wildman–Crippen LogP) is 3.07. The molecule has 0 amide bonds. The van der Waals surface area contributed by atoms with E-state index < -0.39 is 0 Å². The van der Waals surface area contributed by atoms with Gasteiger partial charge < -0.3 is 10.1 Å². The van der Waals surface area contributed by atoms with Gasteiger partial charge in [0, 0.05) is 19.1 Å². The van der Waals surface area contributed by atoms with Gasteiger partial charge in [0.05, 0.1) is 6.10 Å². The molecule has 17 heavy (non-hydrogen) atoms. The lowest BCUT2D eigenvalue weighted by Gasteiger charge is -2.32. The molecule has 1 aromatic rings. The van der Waals surface area contributed by atoms with Crippen molar-refractivity contribution in [2.24, 2.45) is 5.92 Å². The maximum absolute atomic E-state index is 5.99. The lowest BCUT2D eigenvalue weighted by molar-refractivity contribution is -0.0276. The molecule has 2 unspecified atom stereocenters. The quantitative estimate of drug-likeness (QED) is 0.863. The first-order valence-corrected chi connectivity index (χ1v) is 6.70. The van der Waals surface area contributed by atoms with Crippen LogP contribution in [0, 0.1) is 12.8 Å². The van der Waals surface area contributed by atoms with Crippen LogP contribution in [0.1, 0.15) is 37.0 Å². The van der Waals surface area contributed by atoms with Crippen LogP contribution in [-0.2, 0) is 4.74 Å². The number of hydrogen-bond donors (Lipinski definition) is 1. The highest BCUT2D eigenvalue weighted by Gasteiger charge is 2.26. The highest BCUT2D eigenvalue weighted by atomic mass is 16.5. The minimum atomic E-state index is 0.280. The number of ether oxygens (including phenoxy) is 1. The molecule has 2 heteroatoms. The number of hydrogen-bond acceptors (Lipinski definition) is 2. The zero-order chi connectivity index (χ0) is 12.1. The number of aryl methyl sites for hydroxylation is 1. The monoisotopic (exact) mass is 233 g/mol. The molecule has 0 saturated carbocycles. The van der Waals surface area contributed by atoms with E-state index in [1.54, 1.807) is 0 Å². The summed E-state index contributed by atoms with van der Waals surface area (Å²) >= 11 is 0. The van der Waals surface area contributed by atoms with Crippen LogP contribution in [0.25, 0.3) is 0 Å². The average Bonchev–Trinajstić information content (AvgIpc) is 2.37. The second-order valence-corrected chi connectivity index (χ2v) is 4.92. The Bertz CT molecular complexity index is 351. The fourth-order valence-electron chi connectivity index (χ4n) is 2.60. The first-order chi connectivity index (χ1) is 8.31. The Labute approximate surface area is 104 Å². The molecule has 0 aromatic heterocycles. The Hall–Kier alpha value is -0.860. The second kappa shape index (κ2) is 6.18. The molecule has 0 radical (unpaired) electrons. The van der Waals surface area contributed by atoms with Crippen LogP contribution in [0.15, 0.2) is 24.3 Å². The molecule has 1 N–H and O–H groups in total. The normalized spacial score (nSPS) is 24.8. The summed E-state index contributed by atoms with van der Waals surface area (Å²) in [4.78, 5) is 0. The van der Waals surface area contributed by atoms with Gasteiger partial charge in [-0.25, -0.2) is 0 Å². The highest BCUT2D eigenvalue weighted by Crippen LogP contribution is 2.33. The van der Waals surface area contributed by atoms with E-state index in [2.05, 4.69) is 43.4 Å². The van der Waals surface area contributed by atoms with Crippen LogP contribution in [0.2, 0.25) is 0 Å². The van der Waals surface area contributed by atoms with Crippen molar-refractivity contribution in [3.8, 4) is 0 Å². The zero-order valence-corrected chi connectivity index (χ0v) is 10.9. The number of benzene rings is 1. The van der Waals surface area contributed by atoms with E-state index in [9.17, 15) is 0 Å². The summed E-state index contributed by atoms with van der Waals surface area (Å²) in [5, 5.41) is 3.45. The van der Waals surface area contributed by atoms with Crippen LogP contribution >= 0.6 is 0 Å². The molecule has 2 rings (SSSR count). The number of rotatable bonds is 4. The SMILES string of the molecule is CCNCC1CCCOC1c1cccc(C)c1. The van der Waals surface area contributed by atoms with Crippen LogP contribution in [0.5, 0.6) is 0 Å². The molecule has 2 atom stereocenters. The van der Waals surface area contributed by atoms with Crippen molar-refractivity contribution in [3.63, 3.8) is 0 Å². The lowest BCUT2D eigenvalue weighted by Crippen LogP contribution is -2.31. The predicted molar refractivity (Wildman–Crippen MR) is 71.1 cm³/mol. The molecule has 94 valence electrons. The van der Waals surface area contributed by atoms with Crippen molar-refractivity contribution < 1.29 is 4.74 Å². The van der Waals surface area contributed by atoms with Gasteiger partial charge in [-0.1, -0.05) is 36.8 Å². The average molecular weight is 233 g/mol. The smallest absolute Gasteiger partial charge is 0.0865 e. The summed E-state index contributed by atoms with van der Waals surface area (Å²) in [6, 6.07) is 8.73. The third kappa shape index (κ3) is 3.30. The summed E-state index contributed by atoms with van der Waals surface area (Å²) in [6.45, 7) is 7.31. The van der Waals surface area contributed by atoms with E-state index in [-0.39, 0.29) is 6.10 Å². The molecule has 1 aliphatic heterocycles. The highest BCUT2D eigenvalue weighted by molar-refractivity contribution is 5.25. The first kappa shape index (κ1) is 12.6. The van der Waals surface area contributed by atoms with Crippen molar-refractivity contribution in [3.05, 3.63) is 35.4 Å². The molecule has 2 nitrogen and oxygen atoms in total. The van der Waals surface area contributed by atoms with Gasteiger partial charge in [-0.3, -0.25) is 0 Å². The van der Waals surface area contributed by atoms with Gasteiger partial charge in [0.25, 0.3) is 0 Å². The Morgan fingerprint density at radius 1 is 1.41 bits per heavy atom. The first-order valence-electron chi connectivity index (χ1n) is 6.70. The Morgan fingerprint density at radius 2 is 2.29 bits per heavy atom. The third-order valence-electron chi connectivity index (χ3n) is 3.47. The third-order valence-corrected chi connectivity index (χ3v) is 3.47. The molecular formula is C15H23NO. The minimum absolute atomic E-state index is 0.280. The van der Waals surface area contributed by atoms with Gasteiger partial charge >= 0.3 is 0 Å². The Balaban J connectivity index is 2.10. The molecule has 1 aromatic carbocycles. The Kier molecular flexibility index (Phi) is 4.57. The van der Waals surface area contributed by atoms with E-state index in [1.807, 2.05) is 0 Å². The summed E-state index contributed by atoms with van der Waals surface area (Å²) in [6.07, 6.45) is 2.74. The molecule has 0 bridgehead atoms. The van der Waals surface area contributed by atoms with E-state index in [0.29, 0.717) is 5.92 Å². The summed E-state index contributed by atoms with van der Waals surface area (Å²) in [5.41, 5.74) is 2.66. The van der Waals surface area contributed by atoms with E-state index >= 15 is 0 Å². The van der Waals surface area contributed by atoms with Crippen molar-refractivity contribution in [1.82, 2.24) is 5.32 Å². The van der Waals surface area contributed by atoms with Gasteiger partial charge in [0.2, 0.25) is 0 Å². The van der Waals surface area contributed by atoms with Crippen molar-refractivity contribution in [1.29, 1.82) is 0 Å². The van der Waals surface area contributed by atoms with Crippen molar-refractivity contribution >= 4 is 0 Å². The minimum Gasteiger partial charge on any atom is -0.373 e. The molecule has 0 spiro atoms. The van der Waals surface area contributed by atoms with Gasteiger partial charge in [-0.15, -0.1) is 0 Å². The Morgan fingerprint density at radius 3 is 3.06 bits per heavy atom. The molecular weight excluding hydrogens is 210 g/mol. The molecule has 1 fully saturated rings. The standard InChI is InChI=1S/C15H23NO/c1-3-16-11-14-8-5-9-17-15(14)13-7-4-6-12(2)10-13/h4,6-7,10,14-16H,3,5,8-9,11H2,1-2H3. The fraction of sp³-hybridized carbons (Fsp3) is 0.600. The maximum atomic E-state index is 5.99. The van der Waals surface area contributed by atoms with Crippen molar-refractivity contribution in [2.45, 2.75) is 32.8 Å². The second-order valence-electron chi connectivity index (χ2n) is 4.92. The molecule has 1 aliphatic rings. The molecule has 1 heterocycles. The topological polar surface area (TPSA) is 21.3 Å². The van der Waals surface area contributed by atoms with Gasteiger partial charge in [0.15, 0.2) is 0 Å². The summed E-state index contributed by atoms with van der Waals surface area (Å²) < 4.78 is 5.99. The van der Waals surface area contributed by atoms with Gasteiger partial charge in [-0.05, 0) is 31.9 Å². The van der Waals surface area contributed by atoms with Crippen LogP contribution in [0.3, 0.4) is 0 Å².